The maximum Gasteiger partial charge on any atom is 0.407 e. The molecule has 2 atom stereocenters. The molecule has 1 amide bonds. The van der Waals surface area contributed by atoms with Crippen molar-refractivity contribution in [1.29, 1.82) is 0 Å². The molecule has 0 bridgehead atoms. The molecule has 1 aliphatic heterocycles. The van der Waals surface area contributed by atoms with E-state index in [2.05, 4.69) is 10.6 Å². The number of fused-ring (bicyclic) bond motifs is 1. The number of carbonyl (C=O) groups excluding carboxylic acids is 1. The Kier molecular flexibility index (Phi) is 4.67. The lowest BCUT2D eigenvalue weighted by atomic mass is 10.0. The lowest BCUT2D eigenvalue weighted by molar-refractivity contribution is 0.0503. The Morgan fingerprint density at radius 2 is 1.76 bits per heavy atom. The molecule has 2 aliphatic rings. The molecule has 0 spiro atoms. The normalized spacial score (nSPS) is 31.6. The van der Waals surface area contributed by atoms with Crippen LogP contribution in [-0.2, 0) is 4.74 Å². The number of hydrogen-bond acceptors (Lipinski definition) is 3. The van der Waals surface area contributed by atoms with Crippen molar-refractivity contribution in [3.05, 3.63) is 0 Å². The van der Waals surface area contributed by atoms with Crippen molar-refractivity contribution in [2.45, 2.75) is 45.3 Å². The van der Waals surface area contributed by atoms with Crippen LogP contribution >= 0.6 is 12.4 Å². The summed E-state index contributed by atoms with van der Waals surface area (Å²) in [4.78, 5) is 11.6. The van der Waals surface area contributed by atoms with E-state index in [1.165, 1.54) is 0 Å². The molecule has 1 aliphatic carbocycles. The van der Waals surface area contributed by atoms with Crippen LogP contribution in [0.1, 0.15) is 33.6 Å². The molecule has 2 unspecified atom stereocenters. The van der Waals surface area contributed by atoms with Gasteiger partial charge in [0.05, 0.1) is 0 Å². The summed E-state index contributed by atoms with van der Waals surface area (Å²) >= 11 is 0. The van der Waals surface area contributed by atoms with Crippen molar-refractivity contribution in [3.63, 3.8) is 0 Å². The van der Waals surface area contributed by atoms with Gasteiger partial charge in [-0.15, -0.1) is 12.4 Å². The molecule has 2 N–H and O–H groups in total. The Bertz CT molecular complexity index is 266. The van der Waals surface area contributed by atoms with E-state index < -0.39 is 5.60 Å². The molecular weight excluding hydrogens is 240 g/mol. The lowest BCUT2D eigenvalue weighted by Gasteiger charge is -2.22. The van der Waals surface area contributed by atoms with Gasteiger partial charge in [0, 0.05) is 6.04 Å². The predicted molar refractivity (Wildman–Crippen MR) is 69.5 cm³/mol. The highest BCUT2D eigenvalue weighted by Gasteiger charge is 2.38. The van der Waals surface area contributed by atoms with E-state index in [0.717, 1.165) is 37.8 Å². The number of carbonyl (C=O) groups is 1. The van der Waals surface area contributed by atoms with Crippen LogP contribution in [0.2, 0.25) is 0 Å². The van der Waals surface area contributed by atoms with Gasteiger partial charge in [0.15, 0.2) is 0 Å². The monoisotopic (exact) mass is 262 g/mol. The van der Waals surface area contributed by atoms with Crippen LogP contribution in [0.4, 0.5) is 4.79 Å². The number of alkyl carbamates (subject to hydrolysis) is 1. The number of halogens is 1. The maximum absolute atomic E-state index is 11.6. The largest absolute Gasteiger partial charge is 0.444 e. The highest BCUT2D eigenvalue weighted by molar-refractivity contribution is 5.85. The van der Waals surface area contributed by atoms with Crippen molar-refractivity contribution in [1.82, 2.24) is 10.6 Å². The third-order valence-corrected chi connectivity index (χ3v) is 3.38. The molecule has 2 fully saturated rings. The van der Waals surface area contributed by atoms with Crippen molar-refractivity contribution >= 4 is 18.5 Å². The fourth-order valence-electron chi connectivity index (χ4n) is 2.76. The van der Waals surface area contributed by atoms with Gasteiger partial charge in [0.1, 0.15) is 5.60 Å². The first-order valence-electron chi connectivity index (χ1n) is 6.14. The molecule has 0 aromatic rings. The highest BCUT2D eigenvalue weighted by Crippen LogP contribution is 2.34. The van der Waals surface area contributed by atoms with Crippen molar-refractivity contribution in [3.8, 4) is 0 Å². The highest BCUT2D eigenvalue weighted by atomic mass is 35.5. The second-order valence-corrected chi connectivity index (χ2v) is 5.99. The van der Waals surface area contributed by atoms with Gasteiger partial charge in [-0.3, -0.25) is 0 Å². The Hall–Kier alpha value is -0.480. The van der Waals surface area contributed by atoms with E-state index in [-0.39, 0.29) is 18.5 Å². The summed E-state index contributed by atoms with van der Waals surface area (Å²) < 4.78 is 5.26. The molecule has 100 valence electrons. The summed E-state index contributed by atoms with van der Waals surface area (Å²) in [6.45, 7) is 7.88. The predicted octanol–water partition coefficient (Wildman–Crippen LogP) is 1.93. The molecule has 17 heavy (non-hydrogen) atoms. The first kappa shape index (κ1) is 14.6. The molecule has 1 saturated carbocycles. The van der Waals surface area contributed by atoms with Gasteiger partial charge < -0.3 is 15.4 Å². The summed E-state index contributed by atoms with van der Waals surface area (Å²) in [5.74, 6) is 1.50. The van der Waals surface area contributed by atoms with E-state index in [1.54, 1.807) is 0 Å². The van der Waals surface area contributed by atoms with Gasteiger partial charge in [0.25, 0.3) is 0 Å². The molecule has 0 aromatic carbocycles. The first-order chi connectivity index (χ1) is 7.44. The topological polar surface area (TPSA) is 50.4 Å². The minimum Gasteiger partial charge on any atom is -0.444 e. The second kappa shape index (κ2) is 5.44. The van der Waals surface area contributed by atoms with E-state index in [4.69, 9.17) is 4.74 Å². The third-order valence-electron chi connectivity index (χ3n) is 3.38. The first-order valence-corrected chi connectivity index (χ1v) is 6.14. The number of ether oxygens (including phenoxy) is 1. The number of nitrogens with one attached hydrogen (secondary N) is 2. The fraction of sp³-hybridized carbons (Fsp3) is 0.917. The van der Waals surface area contributed by atoms with Crippen LogP contribution in [0, 0.1) is 11.8 Å². The van der Waals surface area contributed by atoms with Gasteiger partial charge in [-0.25, -0.2) is 4.79 Å². The minimum atomic E-state index is -0.403. The molecule has 4 nitrogen and oxygen atoms in total. The Morgan fingerprint density at radius 1 is 1.24 bits per heavy atom. The van der Waals surface area contributed by atoms with E-state index in [9.17, 15) is 4.79 Å². The van der Waals surface area contributed by atoms with Crippen LogP contribution in [0.3, 0.4) is 0 Å². The van der Waals surface area contributed by atoms with Gasteiger partial charge >= 0.3 is 6.09 Å². The lowest BCUT2D eigenvalue weighted by Crippen LogP contribution is -2.38. The number of rotatable bonds is 1. The SMILES string of the molecule is CC(C)(C)OC(=O)NC1CC2CNCC2C1.Cl. The second-order valence-electron chi connectivity index (χ2n) is 5.99. The summed E-state index contributed by atoms with van der Waals surface area (Å²) in [5, 5.41) is 6.37. The summed E-state index contributed by atoms with van der Waals surface area (Å²) in [5.41, 5.74) is -0.403. The molecule has 0 aromatic heterocycles. The average molecular weight is 263 g/mol. The Balaban J connectivity index is 0.00000144. The standard InChI is InChI=1S/C12H22N2O2.ClH/c1-12(2,3)16-11(15)14-10-4-8-6-13-7-9(8)5-10;/h8-10,13H,4-7H2,1-3H3,(H,14,15);1H. The summed E-state index contributed by atoms with van der Waals surface area (Å²) in [7, 11) is 0. The molecule has 0 radical (unpaired) electrons. The van der Waals surface area contributed by atoms with Crippen LogP contribution in [0.25, 0.3) is 0 Å². The molecule has 2 rings (SSSR count). The van der Waals surface area contributed by atoms with Gasteiger partial charge in [-0.2, -0.15) is 0 Å². The van der Waals surface area contributed by atoms with Crippen LogP contribution < -0.4 is 10.6 Å². The van der Waals surface area contributed by atoms with Crippen LogP contribution in [0.5, 0.6) is 0 Å². The maximum atomic E-state index is 11.6. The quantitative estimate of drug-likeness (QED) is 0.759. The zero-order valence-electron chi connectivity index (χ0n) is 10.8. The van der Waals surface area contributed by atoms with Gasteiger partial charge in [-0.05, 0) is 58.5 Å². The molecule has 5 heteroatoms. The number of amides is 1. The zero-order valence-corrected chi connectivity index (χ0v) is 11.6. The minimum absolute atomic E-state index is 0. The van der Waals surface area contributed by atoms with Gasteiger partial charge in [-0.1, -0.05) is 0 Å². The average Bonchev–Trinajstić information content (AvgIpc) is 2.58. The smallest absolute Gasteiger partial charge is 0.407 e. The van der Waals surface area contributed by atoms with E-state index in [0.29, 0.717) is 6.04 Å². The number of hydrogen-bond donors (Lipinski definition) is 2. The fourth-order valence-corrected chi connectivity index (χ4v) is 2.76. The third kappa shape index (κ3) is 4.03. The van der Waals surface area contributed by atoms with E-state index >= 15 is 0 Å². The zero-order chi connectivity index (χ0) is 11.8. The van der Waals surface area contributed by atoms with E-state index in [1.807, 2.05) is 20.8 Å². The molecular formula is C12H23ClN2O2. The van der Waals surface area contributed by atoms with Crippen LogP contribution in [-0.4, -0.2) is 30.8 Å². The van der Waals surface area contributed by atoms with Gasteiger partial charge in [0.2, 0.25) is 0 Å². The Morgan fingerprint density at radius 3 is 2.24 bits per heavy atom. The molecule has 1 saturated heterocycles. The van der Waals surface area contributed by atoms with Crippen LogP contribution in [0.15, 0.2) is 0 Å². The molecule has 1 heterocycles. The van der Waals surface area contributed by atoms with Crippen molar-refractivity contribution < 1.29 is 9.53 Å². The Labute approximate surface area is 109 Å². The summed E-state index contributed by atoms with van der Waals surface area (Å²) in [6, 6.07) is 0.312. The summed E-state index contributed by atoms with van der Waals surface area (Å²) in [6.07, 6.45) is 1.92. The van der Waals surface area contributed by atoms with Crippen molar-refractivity contribution in [2.75, 3.05) is 13.1 Å². The van der Waals surface area contributed by atoms with Crippen molar-refractivity contribution in [2.24, 2.45) is 11.8 Å².